The maximum atomic E-state index is 5.43. The van der Waals surface area contributed by atoms with Crippen LogP contribution < -0.4 is 0 Å². The van der Waals surface area contributed by atoms with Crippen molar-refractivity contribution in [1.82, 2.24) is 0 Å². The monoisotopic (exact) mass is 261 g/mol. The second-order valence-electron chi connectivity index (χ2n) is 5.35. The number of rotatable bonds is 1. The molecule has 1 aliphatic rings. The highest BCUT2D eigenvalue weighted by Gasteiger charge is 2.24. The van der Waals surface area contributed by atoms with Gasteiger partial charge in [-0.05, 0) is 28.5 Å². The summed E-state index contributed by atoms with van der Waals surface area (Å²) in [4.78, 5) is 5.68. The van der Waals surface area contributed by atoms with E-state index >= 15 is 0 Å². The van der Waals surface area contributed by atoms with Gasteiger partial charge in [-0.1, -0.05) is 32.9 Å². The minimum absolute atomic E-state index is 0.116. The van der Waals surface area contributed by atoms with Crippen molar-refractivity contribution in [3.63, 3.8) is 0 Å². The molecule has 0 amide bonds. The van der Waals surface area contributed by atoms with Crippen LogP contribution in [0.1, 0.15) is 31.6 Å². The molecule has 1 aromatic rings. The van der Waals surface area contributed by atoms with Crippen LogP contribution in [0.4, 0.5) is 0 Å². The zero-order valence-electron chi connectivity index (χ0n) is 11.3. The number of nitrogens with zero attached hydrogens (tertiary/aromatic N) is 1. The first-order chi connectivity index (χ1) is 8.52. The van der Waals surface area contributed by atoms with Crippen molar-refractivity contribution in [2.24, 2.45) is 10.4 Å². The van der Waals surface area contributed by atoms with Crippen LogP contribution in [-0.2, 0) is 4.74 Å². The molecule has 0 radical (unpaired) electrons. The van der Waals surface area contributed by atoms with Gasteiger partial charge < -0.3 is 4.74 Å². The van der Waals surface area contributed by atoms with E-state index in [-0.39, 0.29) is 11.3 Å². The van der Waals surface area contributed by atoms with Gasteiger partial charge in [0.25, 0.3) is 0 Å². The highest BCUT2D eigenvalue weighted by molar-refractivity contribution is 7.10. The van der Waals surface area contributed by atoms with E-state index in [4.69, 9.17) is 4.74 Å². The predicted octanol–water partition coefficient (Wildman–Crippen LogP) is 4.38. The van der Waals surface area contributed by atoms with E-state index < -0.39 is 0 Å². The van der Waals surface area contributed by atoms with Crippen molar-refractivity contribution < 1.29 is 4.74 Å². The molecule has 3 heteroatoms. The molecule has 0 aromatic carbocycles. The van der Waals surface area contributed by atoms with E-state index in [9.17, 15) is 0 Å². The summed E-state index contributed by atoms with van der Waals surface area (Å²) in [6.45, 7) is 6.64. The first kappa shape index (κ1) is 13.1. The maximum Gasteiger partial charge on any atom is 0.200 e. The van der Waals surface area contributed by atoms with Gasteiger partial charge in [0, 0.05) is 11.1 Å². The van der Waals surface area contributed by atoms with Gasteiger partial charge in [-0.25, -0.2) is 4.99 Å². The molecule has 18 heavy (non-hydrogen) atoms. The van der Waals surface area contributed by atoms with Crippen molar-refractivity contribution in [3.05, 3.63) is 46.3 Å². The smallest absolute Gasteiger partial charge is 0.200 e. The summed E-state index contributed by atoms with van der Waals surface area (Å²) < 4.78 is 5.43. The van der Waals surface area contributed by atoms with E-state index in [1.54, 1.807) is 18.4 Å². The Morgan fingerprint density at radius 2 is 2.11 bits per heavy atom. The average Bonchev–Trinajstić information content (AvgIpc) is 2.73. The number of aliphatic imine (C=N–C) groups is 1. The Morgan fingerprint density at radius 3 is 2.67 bits per heavy atom. The first-order valence-corrected chi connectivity index (χ1v) is 6.94. The van der Waals surface area contributed by atoms with Crippen LogP contribution in [0.15, 0.2) is 46.4 Å². The molecule has 0 fully saturated rings. The molecular formula is C15H19NOS. The van der Waals surface area contributed by atoms with E-state index in [2.05, 4.69) is 55.4 Å². The minimum Gasteiger partial charge on any atom is -0.483 e. The fourth-order valence-corrected chi connectivity index (χ4v) is 2.72. The van der Waals surface area contributed by atoms with Crippen molar-refractivity contribution in [1.29, 1.82) is 0 Å². The fourth-order valence-electron chi connectivity index (χ4n) is 1.93. The van der Waals surface area contributed by atoms with Crippen LogP contribution in [0.25, 0.3) is 0 Å². The Bertz CT molecular complexity index is 489. The standard InChI is InChI=1S/C15H19NOS/c1-15(2,3)11-7-8-16-14(17-4)12(10-11)13-6-5-9-18-13/h5-10,12H,1-4H3. The van der Waals surface area contributed by atoms with Crippen LogP contribution in [0.3, 0.4) is 0 Å². The largest absolute Gasteiger partial charge is 0.483 e. The lowest BCUT2D eigenvalue weighted by molar-refractivity contribution is 0.389. The third kappa shape index (κ3) is 2.72. The van der Waals surface area contributed by atoms with Crippen LogP contribution in [0.5, 0.6) is 0 Å². The molecule has 2 nitrogen and oxygen atoms in total. The normalized spacial score (nSPS) is 20.1. The van der Waals surface area contributed by atoms with E-state index in [1.165, 1.54) is 10.5 Å². The number of hydrogen-bond acceptors (Lipinski definition) is 3. The number of methoxy groups -OCH3 is 1. The van der Waals surface area contributed by atoms with Gasteiger partial charge in [0.05, 0.1) is 13.0 Å². The quantitative estimate of drug-likeness (QED) is 0.735. The zero-order chi connectivity index (χ0) is 13.2. The maximum absolute atomic E-state index is 5.43. The molecule has 0 aliphatic carbocycles. The second-order valence-corrected chi connectivity index (χ2v) is 6.33. The van der Waals surface area contributed by atoms with Crippen LogP contribution in [-0.4, -0.2) is 13.0 Å². The number of hydrogen-bond donors (Lipinski definition) is 0. The summed E-state index contributed by atoms with van der Waals surface area (Å²) in [5.74, 6) is 0.882. The molecule has 1 aromatic heterocycles. The lowest BCUT2D eigenvalue weighted by Gasteiger charge is -2.21. The van der Waals surface area contributed by atoms with Gasteiger partial charge in [-0.15, -0.1) is 11.3 Å². The van der Waals surface area contributed by atoms with Gasteiger partial charge in [-0.2, -0.15) is 0 Å². The molecule has 0 saturated heterocycles. The van der Waals surface area contributed by atoms with Crippen LogP contribution in [0, 0.1) is 5.41 Å². The Labute approximate surface area is 113 Å². The molecule has 0 saturated carbocycles. The lowest BCUT2D eigenvalue weighted by atomic mass is 9.84. The summed E-state index contributed by atoms with van der Waals surface area (Å²) in [6, 6.07) is 4.20. The summed E-state index contributed by atoms with van der Waals surface area (Å²) in [6.07, 6.45) is 6.17. The summed E-state index contributed by atoms with van der Waals surface area (Å²) in [7, 11) is 1.68. The summed E-state index contributed by atoms with van der Waals surface area (Å²) >= 11 is 1.74. The van der Waals surface area contributed by atoms with Crippen molar-refractivity contribution in [2.75, 3.05) is 7.11 Å². The number of thiophene rings is 1. The molecule has 2 rings (SSSR count). The van der Waals surface area contributed by atoms with Gasteiger partial charge in [0.2, 0.25) is 0 Å². The van der Waals surface area contributed by atoms with Gasteiger partial charge >= 0.3 is 0 Å². The average molecular weight is 261 g/mol. The van der Waals surface area contributed by atoms with E-state index in [0.29, 0.717) is 0 Å². The molecule has 2 heterocycles. The Balaban J connectivity index is 2.44. The Hall–Kier alpha value is -1.35. The predicted molar refractivity (Wildman–Crippen MR) is 78.2 cm³/mol. The Morgan fingerprint density at radius 1 is 1.33 bits per heavy atom. The molecule has 1 atom stereocenters. The van der Waals surface area contributed by atoms with Gasteiger partial charge in [-0.3, -0.25) is 0 Å². The molecule has 0 spiro atoms. The summed E-state index contributed by atoms with van der Waals surface area (Å²) in [5.41, 5.74) is 1.40. The van der Waals surface area contributed by atoms with E-state index in [0.717, 1.165) is 5.90 Å². The second kappa shape index (κ2) is 5.11. The van der Waals surface area contributed by atoms with Crippen molar-refractivity contribution in [3.8, 4) is 0 Å². The van der Waals surface area contributed by atoms with E-state index in [1.807, 2.05) is 6.20 Å². The molecule has 1 aliphatic heterocycles. The van der Waals surface area contributed by atoms with Crippen molar-refractivity contribution >= 4 is 17.2 Å². The SMILES string of the molecule is COC1=NC=CC(C(C)(C)C)=CC1c1cccs1. The van der Waals surface area contributed by atoms with Crippen molar-refractivity contribution in [2.45, 2.75) is 26.7 Å². The van der Waals surface area contributed by atoms with Crippen LogP contribution in [0.2, 0.25) is 0 Å². The third-order valence-electron chi connectivity index (χ3n) is 2.99. The van der Waals surface area contributed by atoms with Gasteiger partial charge in [0.15, 0.2) is 5.90 Å². The van der Waals surface area contributed by atoms with Crippen LogP contribution >= 0.6 is 11.3 Å². The zero-order valence-corrected chi connectivity index (χ0v) is 12.1. The lowest BCUT2D eigenvalue weighted by Crippen LogP contribution is -2.14. The molecule has 0 bridgehead atoms. The topological polar surface area (TPSA) is 21.6 Å². The molecule has 96 valence electrons. The Kier molecular flexibility index (Phi) is 3.71. The molecule has 0 N–H and O–H groups in total. The third-order valence-corrected chi connectivity index (χ3v) is 3.95. The highest BCUT2D eigenvalue weighted by atomic mass is 32.1. The molecule has 1 unspecified atom stereocenters. The fraction of sp³-hybridized carbons (Fsp3) is 0.400. The highest BCUT2D eigenvalue weighted by Crippen LogP contribution is 2.34. The molecular weight excluding hydrogens is 242 g/mol. The van der Waals surface area contributed by atoms with Gasteiger partial charge in [0.1, 0.15) is 0 Å². The number of allylic oxidation sites excluding steroid dienone is 2. The first-order valence-electron chi connectivity index (χ1n) is 6.06. The minimum atomic E-state index is 0.116. The number of ether oxygens (including phenoxy) is 1. The summed E-state index contributed by atoms with van der Waals surface area (Å²) in [5, 5.41) is 2.09.